The zero-order valence-electron chi connectivity index (χ0n) is 12.0. The SMILES string of the molecule is CCCc1nc(C)c2n1-c1cc(OC)ccc1CN2Cl. The first-order chi connectivity index (χ1) is 9.65. The van der Waals surface area contributed by atoms with Crippen LogP contribution in [0.4, 0.5) is 5.82 Å². The maximum Gasteiger partial charge on any atom is 0.151 e. The average molecular weight is 292 g/mol. The number of rotatable bonds is 3. The molecule has 1 aliphatic rings. The predicted molar refractivity (Wildman–Crippen MR) is 80.9 cm³/mol. The number of hydrogen-bond acceptors (Lipinski definition) is 3. The molecule has 0 aliphatic carbocycles. The van der Waals surface area contributed by atoms with Crippen LogP contribution in [0.1, 0.15) is 30.4 Å². The van der Waals surface area contributed by atoms with Crippen LogP contribution in [-0.4, -0.2) is 16.7 Å². The average Bonchev–Trinajstić information content (AvgIpc) is 2.77. The zero-order valence-corrected chi connectivity index (χ0v) is 12.7. The van der Waals surface area contributed by atoms with E-state index in [4.69, 9.17) is 16.5 Å². The molecule has 2 aromatic rings. The molecule has 0 N–H and O–H groups in total. The van der Waals surface area contributed by atoms with Crippen LogP contribution in [-0.2, 0) is 13.0 Å². The molecule has 0 radical (unpaired) electrons. The fraction of sp³-hybridized carbons (Fsp3) is 0.400. The van der Waals surface area contributed by atoms with Crippen molar-refractivity contribution in [2.24, 2.45) is 0 Å². The number of halogens is 1. The Balaban J connectivity index is 2.24. The molecule has 0 unspecified atom stereocenters. The van der Waals surface area contributed by atoms with Crippen LogP contribution < -0.4 is 9.16 Å². The highest BCUT2D eigenvalue weighted by atomic mass is 35.5. The van der Waals surface area contributed by atoms with Crippen molar-refractivity contribution < 1.29 is 4.74 Å². The molecule has 0 fully saturated rings. The molecule has 20 heavy (non-hydrogen) atoms. The molecule has 0 bridgehead atoms. The van der Waals surface area contributed by atoms with E-state index in [2.05, 4.69) is 28.6 Å². The van der Waals surface area contributed by atoms with Gasteiger partial charge in [-0.3, -0.25) is 8.99 Å². The van der Waals surface area contributed by atoms with Gasteiger partial charge in [0.2, 0.25) is 0 Å². The highest BCUT2D eigenvalue weighted by molar-refractivity contribution is 6.25. The number of methoxy groups -OCH3 is 1. The summed E-state index contributed by atoms with van der Waals surface area (Å²) in [5, 5.41) is 0. The summed E-state index contributed by atoms with van der Waals surface area (Å²) in [6.45, 7) is 4.84. The molecule has 5 heteroatoms. The van der Waals surface area contributed by atoms with Gasteiger partial charge < -0.3 is 4.74 Å². The maximum atomic E-state index is 6.41. The third-order valence-corrected chi connectivity index (χ3v) is 3.92. The molecule has 0 spiro atoms. The van der Waals surface area contributed by atoms with E-state index >= 15 is 0 Å². The molecule has 0 amide bonds. The number of fused-ring (bicyclic) bond motifs is 3. The summed E-state index contributed by atoms with van der Waals surface area (Å²) in [6.07, 6.45) is 1.99. The number of ether oxygens (including phenoxy) is 1. The van der Waals surface area contributed by atoms with Gasteiger partial charge in [-0.25, -0.2) is 4.98 Å². The van der Waals surface area contributed by atoms with E-state index in [1.54, 1.807) is 11.5 Å². The summed E-state index contributed by atoms with van der Waals surface area (Å²) < 4.78 is 9.25. The minimum Gasteiger partial charge on any atom is -0.497 e. The molecule has 0 atom stereocenters. The Morgan fingerprint density at radius 3 is 2.90 bits per heavy atom. The monoisotopic (exact) mass is 291 g/mol. The van der Waals surface area contributed by atoms with Gasteiger partial charge in [0.05, 0.1) is 25.0 Å². The van der Waals surface area contributed by atoms with Crippen LogP contribution >= 0.6 is 11.8 Å². The summed E-state index contributed by atoms with van der Waals surface area (Å²) in [5.74, 6) is 2.88. The standard InChI is InChI=1S/C15H18ClN3O/c1-4-5-14-17-10(2)15-18(16)9-11-6-7-12(20-3)8-13(11)19(14)15/h6-8H,4-5,9H2,1-3H3. The van der Waals surface area contributed by atoms with Gasteiger partial charge in [0.25, 0.3) is 0 Å². The number of imidazole rings is 1. The lowest BCUT2D eigenvalue weighted by Crippen LogP contribution is -2.22. The van der Waals surface area contributed by atoms with Gasteiger partial charge in [0.15, 0.2) is 5.82 Å². The lowest BCUT2D eigenvalue weighted by molar-refractivity contribution is 0.414. The van der Waals surface area contributed by atoms with Gasteiger partial charge >= 0.3 is 0 Å². The van der Waals surface area contributed by atoms with E-state index in [1.165, 1.54) is 5.56 Å². The Kier molecular flexibility index (Phi) is 3.34. The van der Waals surface area contributed by atoms with Crippen LogP contribution in [0.5, 0.6) is 5.75 Å². The lowest BCUT2D eigenvalue weighted by atomic mass is 10.1. The van der Waals surface area contributed by atoms with Gasteiger partial charge in [-0.05, 0) is 25.0 Å². The Hall–Kier alpha value is -1.68. The first-order valence-corrected chi connectivity index (χ1v) is 7.18. The number of aromatic nitrogens is 2. The Bertz CT molecular complexity index is 651. The second-order valence-electron chi connectivity index (χ2n) is 5.04. The van der Waals surface area contributed by atoms with E-state index in [1.807, 2.05) is 13.0 Å². The lowest BCUT2D eigenvalue weighted by Gasteiger charge is -2.27. The van der Waals surface area contributed by atoms with Crippen molar-refractivity contribution in [1.29, 1.82) is 0 Å². The van der Waals surface area contributed by atoms with Crippen LogP contribution in [0.2, 0.25) is 0 Å². The molecule has 3 rings (SSSR count). The molecular weight excluding hydrogens is 274 g/mol. The number of benzene rings is 1. The molecular formula is C15H18ClN3O. The molecule has 106 valence electrons. The smallest absolute Gasteiger partial charge is 0.151 e. The van der Waals surface area contributed by atoms with Gasteiger partial charge in [-0.15, -0.1) is 0 Å². The first kappa shape index (κ1) is 13.3. The Morgan fingerprint density at radius 1 is 1.40 bits per heavy atom. The molecule has 0 saturated carbocycles. The van der Waals surface area contributed by atoms with Gasteiger partial charge in [0.1, 0.15) is 11.6 Å². The summed E-state index contributed by atoms with van der Waals surface area (Å²) in [4.78, 5) is 4.68. The van der Waals surface area contributed by atoms with Crippen LogP contribution in [0, 0.1) is 6.92 Å². The maximum absolute atomic E-state index is 6.41. The molecule has 1 aliphatic heterocycles. The van der Waals surface area contributed by atoms with Crippen molar-refractivity contribution >= 4 is 17.6 Å². The quantitative estimate of drug-likeness (QED) is 0.809. The van der Waals surface area contributed by atoms with Gasteiger partial charge in [-0.2, -0.15) is 0 Å². The van der Waals surface area contributed by atoms with E-state index in [9.17, 15) is 0 Å². The number of anilines is 1. The van der Waals surface area contributed by atoms with Crippen LogP contribution in [0.25, 0.3) is 5.69 Å². The number of nitrogens with zero attached hydrogens (tertiary/aromatic N) is 3. The first-order valence-electron chi connectivity index (χ1n) is 6.84. The second-order valence-corrected chi connectivity index (χ2v) is 5.45. The minimum atomic E-state index is 0.680. The fourth-order valence-corrected chi connectivity index (χ4v) is 3.07. The normalized spacial score (nSPS) is 13.1. The second kappa shape index (κ2) is 5.02. The van der Waals surface area contributed by atoms with Crippen molar-refractivity contribution in [2.45, 2.75) is 33.2 Å². The van der Waals surface area contributed by atoms with Crippen molar-refractivity contribution in [1.82, 2.24) is 9.55 Å². The highest BCUT2D eigenvalue weighted by Gasteiger charge is 2.27. The highest BCUT2D eigenvalue weighted by Crippen LogP contribution is 2.37. The van der Waals surface area contributed by atoms with Crippen molar-refractivity contribution in [3.63, 3.8) is 0 Å². The Morgan fingerprint density at radius 2 is 2.20 bits per heavy atom. The minimum absolute atomic E-state index is 0.680. The van der Waals surface area contributed by atoms with E-state index < -0.39 is 0 Å². The fourth-order valence-electron chi connectivity index (χ4n) is 2.74. The molecule has 2 heterocycles. The summed E-state index contributed by atoms with van der Waals surface area (Å²) in [7, 11) is 1.69. The summed E-state index contributed by atoms with van der Waals surface area (Å²) >= 11 is 6.41. The number of aryl methyl sites for hydroxylation is 2. The molecule has 4 nitrogen and oxygen atoms in total. The van der Waals surface area contributed by atoms with E-state index in [0.29, 0.717) is 6.54 Å². The van der Waals surface area contributed by atoms with E-state index in [0.717, 1.165) is 41.6 Å². The Labute approximate surface area is 124 Å². The zero-order chi connectivity index (χ0) is 14.3. The summed E-state index contributed by atoms with van der Waals surface area (Å²) in [6, 6.07) is 6.10. The van der Waals surface area contributed by atoms with E-state index in [-0.39, 0.29) is 0 Å². The summed E-state index contributed by atoms with van der Waals surface area (Å²) in [5.41, 5.74) is 3.28. The topological polar surface area (TPSA) is 30.3 Å². The molecule has 1 aromatic heterocycles. The molecule has 1 aromatic carbocycles. The van der Waals surface area contributed by atoms with Crippen molar-refractivity contribution in [3.8, 4) is 11.4 Å². The van der Waals surface area contributed by atoms with Gasteiger partial charge in [0, 0.05) is 24.3 Å². The predicted octanol–water partition coefficient (Wildman–Crippen LogP) is 3.62. The molecule has 0 saturated heterocycles. The largest absolute Gasteiger partial charge is 0.497 e. The van der Waals surface area contributed by atoms with Crippen molar-refractivity contribution in [2.75, 3.05) is 11.5 Å². The van der Waals surface area contributed by atoms with Crippen LogP contribution in [0.15, 0.2) is 18.2 Å². The third-order valence-electron chi connectivity index (χ3n) is 3.64. The van der Waals surface area contributed by atoms with Gasteiger partial charge in [-0.1, -0.05) is 13.0 Å². The van der Waals surface area contributed by atoms with Crippen molar-refractivity contribution in [3.05, 3.63) is 35.3 Å². The third kappa shape index (κ3) is 1.95. The van der Waals surface area contributed by atoms with Crippen LogP contribution in [0.3, 0.4) is 0 Å². The number of hydrogen-bond donors (Lipinski definition) is 0.